The lowest BCUT2D eigenvalue weighted by atomic mass is 10.1. The van der Waals surface area contributed by atoms with Crippen molar-refractivity contribution in [3.8, 4) is 0 Å². The summed E-state index contributed by atoms with van der Waals surface area (Å²) >= 11 is 6.28. The molecule has 9 heteroatoms. The van der Waals surface area contributed by atoms with Crippen LogP contribution < -0.4 is 9.62 Å². The molecule has 0 heterocycles. The van der Waals surface area contributed by atoms with Crippen LogP contribution in [0.5, 0.6) is 0 Å². The van der Waals surface area contributed by atoms with Crippen LogP contribution in [0.2, 0.25) is 5.02 Å². The fourth-order valence-corrected chi connectivity index (χ4v) is 5.88. The van der Waals surface area contributed by atoms with Crippen molar-refractivity contribution in [2.24, 2.45) is 5.92 Å². The quantitative estimate of drug-likeness (QED) is 0.316. The first-order valence-electron chi connectivity index (χ1n) is 13.3. The molecule has 7 nitrogen and oxygen atoms in total. The van der Waals surface area contributed by atoms with E-state index < -0.39 is 28.5 Å². The second-order valence-electron chi connectivity index (χ2n) is 10.6. The van der Waals surface area contributed by atoms with Gasteiger partial charge in [0.25, 0.3) is 10.0 Å². The minimum absolute atomic E-state index is 0.0539. The Morgan fingerprint density at radius 3 is 2.20 bits per heavy atom. The summed E-state index contributed by atoms with van der Waals surface area (Å²) in [6.45, 7) is 11.3. The van der Waals surface area contributed by atoms with E-state index in [2.05, 4.69) is 5.32 Å². The SMILES string of the molecule is Cc1ccc(S(=O)(=O)N(CC(=O)N(Cc2cccc(C)c2)[C@@H](C)C(=O)NCC(C)C)c2cc(Cl)ccc2C)cc1. The maximum Gasteiger partial charge on any atom is 0.264 e. The first kappa shape index (κ1) is 31.2. The molecular formula is C31H38ClN3O4S. The van der Waals surface area contributed by atoms with E-state index in [1.165, 1.54) is 17.0 Å². The van der Waals surface area contributed by atoms with Crippen molar-refractivity contribution in [2.45, 2.75) is 59.0 Å². The van der Waals surface area contributed by atoms with Gasteiger partial charge in [0.2, 0.25) is 11.8 Å². The largest absolute Gasteiger partial charge is 0.354 e. The molecule has 0 radical (unpaired) electrons. The maximum atomic E-state index is 14.0. The first-order valence-corrected chi connectivity index (χ1v) is 15.1. The number of hydrogen-bond acceptors (Lipinski definition) is 4. The lowest BCUT2D eigenvalue weighted by Crippen LogP contribution is -2.51. The highest BCUT2D eigenvalue weighted by Gasteiger charge is 2.33. The molecule has 1 N–H and O–H groups in total. The highest BCUT2D eigenvalue weighted by Crippen LogP contribution is 2.30. The van der Waals surface area contributed by atoms with Gasteiger partial charge in [-0.1, -0.05) is 79.0 Å². The number of anilines is 1. The van der Waals surface area contributed by atoms with Gasteiger partial charge in [-0.2, -0.15) is 0 Å². The third-order valence-corrected chi connectivity index (χ3v) is 8.62. The molecule has 214 valence electrons. The number of sulfonamides is 1. The Labute approximate surface area is 243 Å². The van der Waals surface area contributed by atoms with Crippen molar-refractivity contribution < 1.29 is 18.0 Å². The lowest BCUT2D eigenvalue weighted by molar-refractivity contribution is -0.139. The van der Waals surface area contributed by atoms with Crippen molar-refractivity contribution >= 4 is 39.1 Å². The number of amides is 2. The van der Waals surface area contributed by atoms with Gasteiger partial charge in [-0.15, -0.1) is 0 Å². The standard InChI is InChI=1S/C31H38ClN3O4S/c1-21(2)18-33-31(37)25(6)34(19-26-9-7-8-23(4)16-26)30(36)20-35(29-17-27(32)13-12-24(29)5)40(38,39)28-14-10-22(3)11-15-28/h7-17,21,25H,18-20H2,1-6H3,(H,33,37)/t25-/m0/s1. The molecule has 1 atom stereocenters. The van der Waals surface area contributed by atoms with E-state index >= 15 is 0 Å². The van der Waals surface area contributed by atoms with Gasteiger partial charge in [-0.3, -0.25) is 13.9 Å². The average Bonchev–Trinajstić information content (AvgIpc) is 2.90. The van der Waals surface area contributed by atoms with Gasteiger partial charge in [0.05, 0.1) is 10.6 Å². The fourth-order valence-electron chi connectivity index (χ4n) is 4.24. The van der Waals surface area contributed by atoms with Crippen LogP contribution in [-0.4, -0.2) is 44.3 Å². The predicted octanol–water partition coefficient (Wildman–Crippen LogP) is 5.65. The van der Waals surface area contributed by atoms with E-state index in [1.807, 2.05) is 52.0 Å². The lowest BCUT2D eigenvalue weighted by Gasteiger charge is -2.32. The maximum absolute atomic E-state index is 14.0. The number of hydrogen-bond donors (Lipinski definition) is 1. The Morgan fingerprint density at radius 2 is 1.57 bits per heavy atom. The molecule has 0 unspecified atom stereocenters. The van der Waals surface area contributed by atoms with Gasteiger partial charge in [0, 0.05) is 18.1 Å². The summed E-state index contributed by atoms with van der Waals surface area (Å²) in [5, 5.41) is 3.24. The molecule has 0 bridgehead atoms. The minimum Gasteiger partial charge on any atom is -0.354 e. The number of aryl methyl sites for hydroxylation is 3. The highest BCUT2D eigenvalue weighted by molar-refractivity contribution is 7.92. The van der Waals surface area contributed by atoms with Crippen molar-refractivity contribution in [3.05, 3.63) is 94.0 Å². The molecular weight excluding hydrogens is 546 g/mol. The van der Waals surface area contributed by atoms with E-state index in [0.29, 0.717) is 22.8 Å². The smallest absolute Gasteiger partial charge is 0.264 e. The molecule has 0 aromatic heterocycles. The Kier molecular flexibility index (Phi) is 10.4. The zero-order valence-corrected chi connectivity index (χ0v) is 25.5. The van der Waals surface area contributed by atoms with Gasteiger partial charge in [-0.05, 0) is 69.0 Å². The number of carbonyl (C=O) groups excluding carboxylic acids is 2. The van der Waals surface area contributed by atoms with E-state index in [0.717, 1.165) is 21.0 Å². The topological polar surface area (TPSA) is 86.8 Å². The second-order valence-corrected chi connectivity index (χ2v) is 12.9. The number of carbonyl (C=O) groups is 2. The highest BCUT2D eigenvalue weighted by atomic mass is 35.5. The Hall–Kier alpha value is -3.36. The molecule has 0 fully saturated rings. The normalized spacial score (nSPS) is 12.2. The Balaban J connectivity index is 2.06. The van der Waals surface area contributed by atoms with Crippen LogP contribution in [-0.2, 0) is 26.2 Å². The molecule has 0 saturated heterocycles. The van der Waals surface area contributed by atoms with E-state index in [4.69, 9.17) is 11.6 Å². The Bertz CT molecular complexity index is 1460. The summed E-state index contributed by atoms with van der Waals surface area (Å²) in [7, 11) is -4.16. The monoisotopic (exact) mass is 583 g/mol. The van der Waals surface area contributed by atoms with Gasteiger partial charge in [0.1, 0.15) is 12.6 Å². The van der Waals surface area contributed by atoms with Crippen LogP contribution in [0, 0.1) is 26.7 Å². The third-order valence-electron chi connectivity index (χ3n) is 6.61. The number of rotatable bonds is 11. The Morgan fingerprint density at radius 1 is 0.900 bits per heavy atom. The molecule has 40 heavy (non-hydrogen) atoms. The van der Waals surface area contributed by atoms with Crippen LogP contribution >= 0.6 is 11.6 Å². The summed E-state index contributed by atoms with van der Waals surface area (Å²) in [4.78, 5) is 28.6. The van der Waals surface area contributed by atoms with Crippen LogP contribution in [0.3, 0.4) is 0 Å². The minimum atomic E-state index is -4.16. The molecule has 3 rings (SSSR count). The molecule has 2 amide bonds. The summed E-state index contributed by atoms with van der Waals surface area (Å²) in [5.74, 6) is -0.580. The van der Waals surface area contributed by atoms with Crippen LogP contribution in [0.4, 0.5) is 5.69 Å². The zero-order chi connectivity index (χ0) is 29.6. The van der Waals surface area contributed by atoms with Crippen LogP contribution in [0.15, 0.2) is 71.6 Å². The fraction of sp³-hybridized carbons (Fsp3) is 0.355. The first-order chi connectivity index (χ1) is 18.8. The molecule has 0 aliphatic carbocycles. The number of halogens is 1. The summed E-state index contributed by atoms with van der Waals surface area (Å²) in [6, 6.07) is 18.2. The average molecular weight is 584 g/mol. The molecule has 0 saturated carbocycles. The van der Waals surface area contributed by atoms with Gasteiger partial charge in [-0.25, -0.2) is 8.42 Å². The predicted molar refractivity (Wildman–Crippen MR) is 161 cm³/mol. The zero-order valence-electron chi connectivity index (χ0n) is 23.9. The van der Waals surface area contributed by atoms with E-state index in [1.54, 1.807) is 44.2 Å². The molecule has 3 aromatic rings. The van der Waals surface area contributed by atoms with Crippen molar-refractivity contribution in [1.29, 1.82) is 0 Å². The van der Waals surface area contributed by atoms with Crippen molar-refractivity contribution in [3.63, 3.8) is 0 Å². The summed E-state index contributed by atoms with van der Waals surface area (Å²) in [6.07, 6.45) is 0. The molecule has 3 aromatic carbocycles. The number of nitrogens with zero attached hydrogens (tertiary/aromatic N) is 2. The van der Waals surface area contributed by atoms with E-state index in [-0.39, 0.29) is 23.3 Å². The summed E-state index contributed by atoms with van der Waals surface area (Å²) < 4.78 is 29.1. The molecule has 0 aliphatic rings. The van der Waals surface area contributed by atoms with Gasteiger partial charge in [0.15, 0.2) is 0 Å². The number of benzene rings is 3. The van der Waals surface area contributed by atoms with Crippen molar-refractivity contribution in [2.75, 3.05) is 17.4 Å². The van der Waals surface area contributed by atoms with Crippen LogP contribution in [0.25, 0.3) is 0 Å². The van der Waals surface area contributed by atoms with E-state index in [9.17, 15) is 18.0 Å². The second kappa shape index (κ2) is 13.3. The van der Waals surface area contributed by atoms with Crippen molar-refractivity contribution in [1.82, 2.24) is 10.2 Å². The number of nitrogens with one attached hydrogen (secondary N) is 1. The van der Waals surface area contributed by atoms with Gasteiger partial charge >= 0.3 is 0 Å². The van der Waals surface area contributed by atoms with Gasteiger partial charge < -0.3 is 10.2 Å². The van der Waals surface area contributed by atoms with Crippen LogP contribution in [0.1, 0.15) is 43.0 Å². The summed E-state index contributed by atoms with van der Waals surface area (Å²) in [5.41, 5.74) is 3.70. The molecule has 0 spiro atoms. The third kappa shape index (κ3) is 7.86. The molecule has 0 aliphatic heterocycles.